The molecule has 0 unspecified atom stereocenters. The van der Waals surface area contributed by atoms with Gasteiger partial charge < -0.3 is 4.74 Å². The van der Waals surface area contributed by atoms with Gasteiger partial charge in [0.2, 0.25) is 0 Å². The van der Waals surface area contributed by atoms with Crippen LogP contribution in [-0.4, -0.2) is 11.6 Å². The van der Waals surface area contributed by atoms with E-state index in [2.05, 4.69) is 27.7 Å². The molecule has 0 atom stereocenters. The van der Waals surface area contributed by atoms with Crippen molar-refractivity contribution in [3.8, 4) is 0 Å². The Morgan fingerprint density at radius 2 is 0.765 bits per heavy atom. The summed E-state index contributed by atoms with van der Waals surface area (Å²) in [6, 6.07) is 0. The van der Waals surface area contributed by atoms with Gasteiger partial charge in [-0.1, -0.05) is 149 Å². The molecule has 0 fully saturated rings. The molecule has 0 N–H and O–H groups in total. The lowest BCUT2D eigenvalue weighted by atomic mass is 9.91. The lowest BCUT2D eigenvalue weighted by molar-refractivity contribution is -0.160. The molecule has 0 rings (SSSR count). The quantitative estimate of drug-likeness (QED) is 0.0862. The predicted molar refractivity (Wildman–Crippen MR) is 152 cm³/mol. The summed E-state index contributed by atoms with van der Waals surface area (Å²) in [6.07, 6.45) is 32.8. The largest absolute Gasteiger partial charge is 0.459 e. The Hall–Kier alpha value is -0.530. The van der Waals surface area contributed by atoms with Crippen LogP contribution in [0.25, 0.3) is 0 Å². The Morgan fingerprint density at radius 3 is 1.12 bits per heavy atom. The van der Waals surface area contributed by atoms with E-state index in [1.165, 1.54) is 141 Å². The number of hydrogen-bond donors (Lipinski definition) is 0. The first-order valence-corrected chi connectivity index (χ1v) is 15.8. The summed E-state index contributed by atoms with van der Waals surface area (Å²) in [4.78, 5) is 12.6. The summed E-state index contributed by atoms with van der Waals surface area (Å²) in [5.74, 6) is 0.0511. The summed E-state index contributed by atoms with van der Waals surface area (Å²) < 4.78 is 6.16. The summed E-state index contributed by atoms with van der Waals surface area (Å²) in [5.41, 5.74) is -0.247. The van der Waals surface area contributed by atoms with Crippen molar-refractivity contribution in [1.82, 2.24) is 0 Å². The van der Waals surface area contributed by atoms with Gasteiger partial charge >= 0.3 is 5.97 Å². The molecule has 0 amide bonds. The minimum Gasteiger partial charge on any atom is -0.459 e. The van der Waals surface area contributed by atoms with Gasteiger partial charge in [0.05, 0.1) is 0 Å². The zero-order valence-electron chi connectivity index (χ0n) is 24.2. The molecular formula is C32H64O2. The van der Waals surface area contributed by atoms with Gasteiger partial charge in [-0.15, -0.1) is 0 Å². The molecule has 0 aromatic heterocycles. The number of ether oxygens (including phenoxy) is 1. The third-order valence-electron chi connectivity index (χ3n) is 7.46. The Balaban J connectivity index is 4.24. The van der Waals surface area contributed by atoms with E-state index in [0.29, 0.717) is 6.42 Å². The fourth-order valence-corrected chi connectivity index (χ4v) is 5.05. The molecule has 0 aromatic rings. The van der Waals surface area contributed by atoms with Crippen LogP contribution in [0.3, 0.4) is 0 Å². The SMILES string of the molecule is CCCCCCCCCCC(C)(CCCCCCCCCC)OC(=O)CCCCCCCCC. The molecule has 0 radical (unpaired) electrons. The summed E-state index contributed by atoms with van der Waals surface area (Å²) in [6.45, 7) is 9.04. The standard InChI is InChI=1S/C32H64O2/c1-5-8-11-14-17-20-23-26-29-32(4,30-27-24-21-18-15-12-9-6-2)34-31(33)28-25-22-19-16-13-10-7-3/h5-30H2,1-4H3. The molecule has 0 saturated carbocycles. The molecule has 2 heteroatoms. The first-order chi connectivity index (χ1) is 16.6. The number of rotatable bonds is 27. The molecule has 0 aromatic carbocycles. The monoisotopic (exact) mass is 480 g/mol. The zero-order valence-corrected chi connectivity index (χ0v) is 24.2. The number of carbonyl (C=O) groups is 1. The first kappa shape index (κ1) is 33.5. The van der Waals surface area contributed by atoms with E-state index in [-0.39, 0.29) is 11.6 Å². The van der Waals surface area contributed by atoms with Gasteiger partial charge in [-0.2, -0.15) is 0 Å². The number of carbonyl (C=O) groups excluding carboxylic acids is 1. The second-order valence-corrected chi connectivity index (χ2v) is 11.2. The van der Waals surface area contributed by atoms with Crippen LogP contribution >= 0.6 is 0 Å². The zero-order chi connectivity index (χ0) is 25.2. The summed E-state index contributed by atoms with van der Waals surface area (Å²) in [7, 11) is 0. The average molecular weight is 481 g/mol. The van der Waals surface area contributed by atoms with Crippen molar-refractivity contribution in [1.29, 1.82) is 0 Å². The molecule has 0 bridgehead atoms. The van der Waals surface area contributed by atoms with Gasteiger partial charge in [-0.05, 0) is 39.0 Å². The topological polar surface area (TPSA) is 26.3 Å². The smallest absolute Gasteiger partial charge is 0.306 e. The maximum Gasteiger partial charge on any atom is 0.306 e. The van der Waals surface area contributed by atoms with Gasteiger partial charge in [0.15, 0.2) is 0 Å². The minimum atomic E-state index is -0.247. The second kappa shape index (κ2) is 25.6. The van der Waals surface area contributed by atoms with Gasteiger partial charge in [0, 0.05) is 6.42 Å². The van der Waals surface area contributed by atoms with Crippen LogP contribution in [0.4, 0.5) is 0 Å². The third-order valence-corrected chi connectivity index (χ3v) is 7.46. The van der Waals surface area contributed by atoms with Gasteiger partial charge in [-0.3, -0.25) is 4.79 Å². The van der Waals surface area contributed by atoms with Crippen molar-refractivity contribution >= 4 is 5.97 Å². The van der Waals surface area contributed by atoms with Crippen molar-refractivity contribution in [2.75, 3.05) is 0 Å². The number of esters is 1. The van der Waals surface area contributed by atoms with E-state index < -0.39 is 0 Å². The normalized spacial score (nSPS) is 11.8. The lowest BCUT2D eigenvalue weighted by Gasteiger charge is -2.30. The van der Waals surface area contributed by atoms with Crippen LogP contribution < -0.4 is 0 Å². The van der Waals surface area contributed by atoms with Crippen molar-refractivity contribution in [3.63, 3.8) is 0 Å². The third kappa shape index (κ3) is 23.2. The predicted octanol–water partition coefficient (Wildman–Crippen LogP) is 11.5. The molecule has 34 heavy (non-hydrogen) atoms. The van der Waals surface area contributed by atoms with E-state index >= 15 is 0 Å². The second-order valence-electron chi connectivity index (χ2n) is 11.2. The fraction of sp³-hybridized carbons (Fsp3) is 0.969. The van der Waals surface area contributed by atoms with Crippen LogP contribution in [0.5, 0.6) is 0 Å². The highest BCUT2D eigenvalue weighted by Gasteiger charge is 2.27. The van der Waals surface area contributed by atoms with Crippen LogP contribution in [0.1, 0.15) is 195 Å². The molecule has 0 aliphatic rings. The van der Waals surface area contributed by atoms with Crippen molar-refractivity contribution in [3.05, 3.63) is 0 Å². The number of unbranched alkanes of at least 4 members (excludes halogenated alkanes) is 20. The lowest BCUT2D eigenvalue weighted by Crippen LogP contribution is -2.32. The molecule has 204 valence electrons. The summed E-state index contributed by atoms with van der Waals surface area (Å²) >= 11 is 0. The molecule has 0 spiro atoms. The van der Waals surface area contributed by atoms with Gasteiger partial charge in [-0.25, -0.2) is 0 Å². The van der Waals surface area contributed by atoms with Crippen LogP contribution in [0.15, 0.2) is 0 Å². The summed E-state index contributed by atoms with van der Waals surface area (Å²) in [5, 5.41) is 0. The van der Waals surface area contributed by atoms with E-state index in [4.69, 9.17) is 4.74 Å². The maximum absolute atomic E-state index is 12.6. The molecule has 2 nitrogen and oxygen atoms in total. The Morgan fingerprint density at radius 1 is 0.471 bits per heavy atom. The highest BCUT2D eigenvalue weighted by Crippen LogP contribution is 2.28. The Kier molecular flexibility index (Phi) is 25.2. The van der Waals surface area contributed by atoms with E-state index in [1.54, 1.807) is 0 Å². The highest BCUT2D eigenvalue weighted by atomic mass is 16.6. The van der Waals surface area contributed by atoms with E-state index in [9.17, 15) is 4.79 Å². The molecule has 0 saturated heterocycles. The maximum atomic E-state index is 12.6. The minimum absolute atomic E-state index is 0.0511. The van der Waals surface area contributed by atoms with Gasteiger partial charge in [0.25, 0.3) is 0 Å². The molecule has 0 aliphatic heterocycles. The van der Waals surface area contributed by atoms with Crippen LogP contribution in [-0.2, 0) is 9.53 Å². The van der Waals surface area contributed by atoms with Crippen LogP contribution in [0, 0.1) is 0 Å². The van der Waals surface area contributed by atoms with Crippen molar-refractivity contribution in [2.45, 2.75) is 200 Å². The fourth-order valence-electron chi connectivity index (χ4n) is 5.05. The average Bonchev–Trinajstić information content (AvgIpc) is 2.82. The number of hydrogen-bond acceptors (Lipinski definition) is 2. The Labute approximate surface area is 215 Å². The highest BCUT2D eigenvalue weighted by molar-refractivity contribution is 5.69. The van der Waals surface area contributed by atoms with Crippen molar-refractivity contribution in [2.24, 2.45) is 0 Å². The van der Waals surface area contributed by atoms with Gasteiger partial charge in [0.1, 0.15) is 5.60 Å². The molecular weight excluding hydrogens is 416 g/mol. The van der Waals surface area contributed by atoms with Crippen molar-refractivity contribution < 1.29 is 9.53 Å². The first-order valence-electron chi connectivity index (χ1n) is 15.8. The van der Waals surface area contributed by atoms with E-state index in [0.717, 1.165) is 19.3 Å². The Bertz CT molecular complexity index is 397. The molecule has 0 heterocycles. The van der Waals surface area contributed by atoms with Crippen LogP contribution in [0.2, 0.25) is 0 Å². The molecule has 0 aliphatic carbocycles. The van der Waals surface area contributed by atoms with E-state index in [1.807, 2.05) is 0 Å².